The first-order chi connectivity index (χ1) is 10.1. The average Bonchev–Trinajstić information content (AvgIpc) is 2.47. The molecule has 0 bridgehead atoms. The third kappa shape index (κ3) is 4.71. The lowest BCUT2D eigenvalue weighted by Crippen LogP contribution is -2.05. The lowest BCUT2D eigenvalue weighted by molar-refractivity contribution is -0.118. The van der Waals surface area contributed by atoms with Crippen molar-refractivity contribution in [1.29, 1.82) is 0 Å². The second-order valence-corrected chi connectivity index (χ2v) is 6.02. The zero-order valence-electron chi connectivity index (χ0n) is 12.4. The SMILES string of the molecule is COc1ccc(Br)c(CC(=O)CCc2cccc(C)c2)c1. The zero-order chi connectivity index (χ0) is 15.2. The van der Waals surface area contributed by atoms with E-state index in [0.29, 0.717) is 12.8 Å². The monoisotopic (exact) mass is 346 g/mol. The van der Waals surface area contributed by atoms with Crippen LogP contribution in [0.5, 0.6) is 5.75 Å². The standard InChI is InChI=1S/C18H19BrO2/c1-13-4-3-5-14(10-13)6-7-16(20)11-15-12-17(21-2)8-9-18(15)19/h3-5,8-10,12H,6-7,11H2,1-2H3. The first-order valence-corrected chi connectivity index (χ1v) is 7.77. The first kappa shape index (κ1) is 15.8. The largest absolute Gasteiger partial charge is 0.497 e. The van der Waals surface area contributed by atoms with E-state index < -0.39 is 0 Å². The van der Waals surface area contributed by atoms with E-state index in [-0.39, 0.29) is 5.78 Å². The van der Waals surface area contributed by atoms with Crippen LogP contribution in [-0.4, -0.2) is 12.9 Å². The summed E-state index contributed by atoms with van der Waals surface area (Å²) < 4.78 is 6.15. The second-order valence-electron chi connectivity index (χ2n) is 5.16. The quantitative estimate of drug-likeness (QED) is 0.769. The highest BCUT2D eigenvalue weighted by Gasteiger charge is 2.09. The van der Waals surface area contributed by atoms with Crippen molar-refractivity contribution in [3.05, 3.63) is 63.6 Å². The Morgan fingerprint density at radius 1 is 1.19 bits per heavy atom. The average molecular weight is 347 g/mol. The molecule has 0 fully saturated rings. The Balaban J connectivity index is 1.96. The van der Waals surface area contributed by atoms with Crippen molar-refractivity contribution in [2.75, 3.05) is 7.11 Å². The van der Waals surface area contributed by atoms with E-state index >= 15 is 0 Å². The number of rotatable bonds is 6. The van der Waals surface area contributed by atoms with Crippen molar-refractivity contribution in [3.63, 3.8) is 0 Å². The predicted octanol–water partition coefficient (Wildman–Crippen LogP) is 4.51. The van der Waals surface area contributed by atoms with Gasteiger partial charge in [0.1, 0.15) is 11.5 Å². The summed E-state index contributed by atoms with van der Waals surface area (Å²) in [6, 6.07) is 14.0. The molecule has 0 aliphatic rings. The van der Waals surface area contributed by atoms with Gasteiger partial charge in [0.15, 0.2) is 0 Å². The summed E-state index contributed by atoms with van der Waals surface area (Å²) in [6.45, 7) is 2.07. The van der Waals surface area contributed by atoms with Crippen molar-refractivity contribution in [2.24, 2.45) is 0 Å². The van der Waals surface area contributed by atoms with E-state index in [1.807, 2.05) is 24.3 Å². The molecule has 2 aromatic rings. The molecule has 3 heteroatoms. The fourth-order valence-corrected chi connectivity index (χ4v) is 2.65. The van der Waals surface area contributed by atoms with Crippen LogP contribution in [0.25, 0.3) is 0 Å². The lowest BCUT2D eigenvalue weighted by Gasteiger charge is -2.07. The molecule has 0 aliphatic carbocycles. The number of halogens is 1. The first-order valence-electron chi connectivity index (χ1n) is 6.98. The molecule has 0 spiro atoms. The molecule has 21 heavy (non-hydrogen) atoms. The summed E-state index contributed by atoms with van der Waals surface area (Å²) in [4.78, 5) is 12.2. The summed E-state index contributed by atoms with van der Waals surface area (Å²) in [7, 11) is 1.63. The minimum atomic E-state index is 0.241. The fourth-order valence-electron chi connectivity index (χ4n) is 2.27. The molecule has 2 nitrogen and oxygen atoms in total. The molecular weight excluding hydrogens is 328 g/mol. The summed E-state index contributed by atoms with van der Waals surface area (Å²) >= 11 is 3.49. The Morgan fingerprint density at radius 3 is 2.71 bits per heavy atom. The molecule has 110 valence electrons. The molecule has 0 saturated heterocycles. The Labute approximate surface area is 134 Å². The Hall–Kier alpha value is -1.61. The molecule has 0 N–H and O–H groups in total. The molecule has 0 unspecified atom stereocenters. The van der Waals surface area contributed by atoms with Gasteiger partial charge in [-0.3, -0.25) is 4.79 Å². The van der Waals surface area contributed by atoms with Gasteiger partial charge >= 0.3 is 0 Å². The molecule has 0 radical (unpaired) electrons. The van der Waals surface area contributed by atoms with E-state index in [0.717, 1.165) is 22.2 Å². The number of carbonyl (C=O) groups is 1. The maximum atomic E-state index is 12.2. The van der Waals surface area contributed by atoms with Crippen LogP contribution in [0.1, 0.15) is 23.1 Å². The Kier molecular flexibility index (Phi) is 5.57. The topological polar surface area (TPSA) is 26.3 Å². The van der Waals surface area contributed by atoms with E-state index in [1.165, 1.54) is 11.1 Å². The molecule has 0 atom stereocenters. The summed E-state index contributed by atoms with van der Waals surface area (Å²) in [5.74, 6) is 1.02. The third-order valence-electron chi connectivity index (χ3n) is 3.42. The maximum Gasteiger partial charge on any atom is 0.137 e. The van der Waals surface area contributed by atoms with Gasteiger partial charge in [-0.05, 0) is 42.7 Å². The third-order valence-corrected chi connectivity index (χ3v) is 4.19. The normalized spacial score (nSPS) is 10.4. The van der Waals surface area contributed by atoms with Crippen LogP contribution in [0.15, 0.2) is 46.9 Å². The van der Waals surface area contributed by atoms with Crippen molar-refractivity contribution in [2.45, 2.75) is 26.2 Å². The number of Topliss-reactive ketones (excluding diaryl/α,β-unsaturated/α-hetero) is 1. The van der Waals surface area contributed by atoms with Crippen LogP contribution < -0.4 is 4.74 Å². The van der Waals surface area contributed by atoms with Crippen LogP contribution in [0.4, 0.5) is 0 Å². The second kappa shape index (κ2) is 7.41. The van der Waals surface area contributed by atoms with Crippen LogP contribution in [0.3, 0.4) is 0 Å². The van der Waals surface area contributed by atoms with Gasteiger partial charge < -0.3 is 4.74 Å². The predicted molar refractivity (Wildman–Crippen MR) is 88.9 cm³/mol. The zero-order valence-corrected chi connectivity index (χ0v) is 13.9. The molecule has 0 aliphatic heterocycles. The van der Waals surface area contributed by atoms with Crippen molar-refractivity contribution >= 4 is 21.7 Å². The smallest absolute Gasteiger partial charge is 0.137 e. The minimum Gasteiger partial charge on any atom is -0.497 e. The van der Waals surface area contributed by atoms with Gasteiger partial charge in [-0.2, -0.15) is 0 Å². The minimum absolute atomic E-state index is 0.241. The fraction of sp³-hybridized carbons (Fsp3) is 0.278. The molecule has 0 saturated carbocycles. The highest BCUT2D eigenvalue weighted by molar-refractivity contribution is 9.10. The van der Waals surface area contributed by atoms with Crippen LogP contribution in [0, 0.1) is 6.92 Å². The molecule has 2 rings (SSSR count). The molecule has 0 amide bonds. The van der Waals surface area contributed by atoms with Crippen LogP contribution >= 0.6 is 15.9 Å². The summed E-state index contributed by atoms with van der Waals surface area (Å²) in [5.41, 5.74) is 3.42. The number of benzene rings is 2. The number of methoxy groups -OCH3 is 1. The highest BCUT2D eigenvalue weighted by atomic mass is 79.9. The number of ketones is 1. The van der Waals surface area contributed by atoms with E-state index in [2.05, 4.69) is 41.1 Å². The van der Waals surface area contributed by atoms with Crippen LogP contribution in [-0.2, 0) is 17.6 Å². The van der Waals surface area contributed by atoms with Gasteiger partial charge in [0.05, 0.1) is 7.11 Å². The highest BCUT2D eigenvalue weighted by Crippen LogP contribution is 2.23. The Bertz CT molecular complexity index is 635. The Morgan fingerprint density at radius 2 is 2.00 bits per heavy atom. The molecule has 0 heterocycles. The van der Waals surface area contributed by atoms with E-state index in [4.69, 9.17) is 4.74 Å². The molecule has 2 aromatic carbocycles. The molecular formula is C18H19BrO2. The van der Waals surface area contributed by atoms with Gasteiger partial charge in [-0.1, -0.05) is 45.8 Å². The summed E-state index contributed by atoms with van der Waals surface area (Å²) in [5, 5.41) is 0. The number of aryl methyl sites for hydroxylation is 2. The number of hydrogen-bond donors (Lipinski definition) is 0. The van der Waals surface area contributed by atoms with Crippen molar-refractivity contribution in [3.8, 4) is 5.75 Å². The van der Waals surface area contributed by atoms with Crippen molar-refractivity contribution < 1.29 is 9.53 Å². The van der Waals surface area contributed by atoms with Crippen molar-refractivity contribution in [1.82, 2.24) is 0 Å². The number of carbonyl (C=O) groups excluding carboxylic acids is 1. The number of ether oxygens (including phenoxy) is 1. The lowest BCUT2D eigenvalue weighted by atomic mass is 10.0. The van der Waals surface area contributed by atoms with E-state index in [1.54, 1.807) is 7.11 Å². The van der Waals surface area contributed by atoms with Gasteiger partial charge in [0, 0.05) is 17.3 Å². The van der Waals surface area contributed by atoms with Gasteiger partial charge in [-0.15, -0.1) is 0 Å². The van der Waals surface area contributed by atoms with E-state index in [9.17, 15) is 4.79 Å². The van der Waals surface area contributed by atoms with Gasteiger partial charge in [0.2, 0.25) is 0 Å². The summed E-state index contributed by atoms with van der Waals surface area (Å²) in [6.07, 6.45) is 1.79. The van der Waals surface area contributed by atoms with Gasteiger partial charge in [0.25, 0.3) is 0 Å². The van der Waals surface area contributed by atoms with Gasteiger partial charge in [-0.25, -0.2) is 0 Å². The molecule has 0 aromatic heterocycles. The maximum absolute atomic E-state index is 12.2. The van der Waals surface area contributed by atoms with Crippen LogP contribution in [0.2, 0.25) is 0 Å². The number of hydrogen-bond acceptors (Lipinski definition) is 2.